The topological polar surface area (TPSA) is 51.8 Å². The van der Waals surface area contributed by atoms with Crippen molar-refractivity contribution in [1.29, 1.82) is 0 Å². The molecule has 3 nitrogen and oxygen atoms in total. The van der Waals surface area contributed by atoms with Gasteiger partial charge >= 0.3 is 0 Å². The van der Waals surface area contributed by atoms with Gasteiger partial charge in [0, 0.05) is 0 Å². The lowest BCUT2D eigenvalue weighted by Crippen LogP contribution is -1.84. The Hall–Kier alpha value is -1.64. The molecular formula is C9H9N3. The highest BCUT2D eigenvalue weighted by Crippen LogP contribution is 2.21. The van der Waals surface area contributed by atoms with Gasteiger partial charge in [0.05, 0.1) is 11.4 Å². The number of anilines is 1. The molecule has 0 saturated carbocycles. The fourth-order valence-corrected chi connectivity index (χ4v) is 1.21. The molecular weight excluding hydrogens is 150 g/mol. The van der Waals surface area contributed by atoms with E-state index in [0.717, 1.165) is 17.0 Å². The lowest BCUT2D eigenvalue weighted by molar-refractivity contribution is 1.33. The van der Waals surface area contributed by atoms with Crippen molar-refractivity contribution in [3.8, 4) is 11.4 Å². The summed E-state index contributed by atoms with van der Waals surface area (Å²) < 4.78 is 0. The number of nitrogens with two attached hydrogens (primary N) is 1. The highest BCUT2D eigenvalue weighted by molar-refractivity contribution is 5.62. The van der Waals surface area contributed by atoms with Crippen molar-refractivity contribution in [2.75, 3.05) is 5.73 Å². The van der Waals surface area contributed by atoms with Gasteiger partial charge in [-0.2, -0.15) is 0 Å². The highest BCUT2D eigenvalue weighted by atomic mass is 15.0. The highest BCUT2D eigenvalue weighted by Gasteiger charge is 2.08. The summed E-state index contributed by atoms with van der Waals surface area (Å²) in [5.41, 5.74) is 8.32. The van der Waals surface area contributed by atoms with Crippen molar-refractivity contribution in [3.63, 3.8) is 0 Å². The maximum atomic E-state index is 5.48. The molecule has 0 atom stereocenters. The summed E-state index contributed by atoms with van der Waals surface area (Å²) in [4.78, 5) is 8.20. The average molecular weight is 159 g/mol. The molecule has 2 rings (SSSR count). The number of hydrogen-bond acceptors (Lipinski definition) is 3. The molecule has 0 spiro atoms. The first-order valence-corrected chi connectivity index (χ1v) is 3.76. The van der Waals surface area contributed by atoms with Crippen molar-refractivity contribution in [3.05, 3.63) is 29.8 Å². The molecule has 0 bridgehead atoms. The van der Waals surface area contributed by atoms with Crippen LogP contribution in [-0.4, -0.2) is 9.97 Å². The molecule has 0 aromatic rings. The number of imidazole rings is 1. The zero-order chi connectivity index (χ0) is 8.55. The van der Waals surface area contributed by atoms with Crippen LogP contribution < -0.4 is 5.73 Å². The maximum Gasteiger partial charge on any atom is 0.221 e. The van der Waals surface area contributed by atoms with Crippen LogP contribution in [0.4, 0.5) is 5.95 Å². The van der Waals surface area contributed by atoms with Crippen LogP contribution in [0.2, 0.25) is 0 Å². The molecule has 12 heavy (non-hydrogen) atoms. The number of rotatable bonds is 0. The lowest BCUT2D eigenvalue weighted by Gasteiger charge is -1.89. The van der Waals surface area contributed by atoms with E-state index in [4.69, 9.17) is 5.73 Å². The molecule has 0 fully saturated rings. The normalized spacial score (nSPS) is 10.4. The fourth-order valence-electron chi connectivity index (χ4n) is 1.21. The van der Waals surface area contributed by atoms with Crippen LogP contribution in [0.25, 0.3) is 11.4 Å². The number of aromatic nitrogens is 2. The van der Waals surface area contributed by atoms with Crippen LogP contribution in [0.1, 0.15) is 5.56 Å². The molecule has 3 heteroatoms. The summed E-state index contributed by atoms with van der Waals surface area (Å²) in [6.07, 6.45) is 0. The maximum absolute atomic E-state index is 5.48. The summed E-state index contributed by atoms with van der Waals surface area (Å²) in [5, 5.41) is 0. The first-order chi connectivity index (χ1) is 5.77. The van der Waals surface area contributed by atoms with Gasteiger partial charge in [-0.3, -0.25) is 0 Å². The van der Waals surface area contributed by atoms with E-state index in [1.165, 1.54) is 0 Å². The quantitative estimate of drug-likeness (QED) is 0.633. The molecule has 2 aliphatic rings. The van der Waals surface area contributed by atoms with Crippen LogP contribution in [0.3, 0.4) is 0 Å². The van der Waals surface area contributed by atoms with Gasteiger partial charge in [-0.25, -0.2) is 9.97 Å². The third-order valence-electron chi connectivity index (χ3n) is 1.79. The van der Waals surface area contributed by atoms with Crippen molar-refractivity contribution in [2.24, 2.45) is 0 Å². The average Bonchev–Trinajstić information content (AvgIpc) is 2.33. The van der Waals surface area contributed by atoms with Gasteiger partial charge in [0.1, 0.15) is 0 Å². The van der Waals surface area contributed by atoms with Gasteiger partial charge in [0.2, 0.25) is 5.95 Å². The lowest BCUT2D eigenvalue weighted by atomic mass is 10.2. The zero-order valence-corrected chi connectivity index (χ0v) is 6.78. The number of aryl methyl sites for hydroxylation is 1. The molecule has 0 radical (unpaired) electrons. The van der Waals surface area contributed by atoms with Gasteiger partial charge in [-0.1, -0.05) is 18.2 Å². The van der Waals surface area contributed by atoms with E-state index in [2.05, 4.69) is 9.97 Å². The molecule has 1 aliphatic carbocycles. The standard InChI is InChI=1S/C9H9N3/c1-6-4-2-3-5-7-8(6)12-9(10)11-7/h2-5H,1H3,(H2,10,11,12). The molecule has 0 aromatic carbocycles. The molecule has 60 valence electrons. The van der Waals surface area contributed by atoms with Crippen LogP contribution in [0.5, 0.6) is 0 Å². The second-order valence-corrected chi connectivity index (χ2v) is 2.72. The number of nitrogens with zero attached hydrogens (tertiary/aromatic N) is 2. The van der Waals surface area contributed by atoms with E-state index in [1.807, 2.05) is 31.2 Å². The molecule has 0 unspecified atom stereocenters. The predicted molar refractivity (Wildman–Crippen MR) is 47.8 cm³/mol. The number of hydrogen-bond donors (Lipinski definition) is 1. The van der Waals surface area contributed by atoms with E-state index in [-0.39, 0.29) is 0 Å². The minimum atomic E-state index is 0.347. The zero-order valence-electron chi connectivity index (χ0n) is 6.78. The van der Waals surface area contributed by atoms with Gasteiger partial charge in [0.25, 0.3) is 0 Å². The van der Waals surface area contributed by atoms with Gasteiger partial charge < -0.3 is 5.73 Å². The second-order valence-electron chi connectivity index (χ2n) is 2.72. The van der Waals surface area contributed by atoms with Crippen LogP contribution in [0.15, 0.2) is 24.3 Å². The van der Waals surface area contributed by atoms with Crippen molar-refractivity contribution >= 4 is 5.95 Å². The second kappa shape index (κ2) is 2.44. The Balaban J connectivity index is 2.78. The van der Waals surface area contributed by atoms with Crippen LogP contribution in [0, 0.1) is 6.92 Å². The number of nitrogen functional groups attached to an aromatic ring is 1. The summed E-state index contributed by atoms with van der Waals surface area (Å²) in [6, 6.07) is 7.81. The first-order valence-electron chi connectivity index (χ1n) is 3.76. The smallest absolute Gasteiger partial charge is 0.221 e. The minimum Gasteiger partial charge on any atom is -0.368 e. The molecule has 1 heterocycles. The van der Waals surface area contributed by atoms with Gasteiger partial charge in [-0.15, -0.1) is 0 Å². The monoisotopic (exact) mass is 159 g/mol. The van der Waals surface area contributed by atoms with Crippen molar-refractivity contribution in [1.82, 2.24) is 9.97 Å². The summed E-state index contributed by atoms with van der Waals surface area (Å²) in [7, 11) is 0. The van der Waals surface area contributed by atoms with E-state index in [1.54, 1.807) is 0 Å². The van der Waals surface area contributed by atoms with Crippen LogP contribution in [-0.2, 0) is 0 Å². The van der Waals surface area contributed by atoms with Crippen molar-refractivity contribution in [2.45, 2.75) is 6.92 Å². The first kappa shape index (κ1) is 7.03. The minimum absolute atomic E-state index is 0.347. The Kier molecular flexibility index (Phi) is 1.43. The fraction of sp³-hybridized carbons (Fsp3) is 0.111. The molecule has 2 N–H and O–H groups in total. The van der Waals surface area contributed by atoms with E-state index in [9.17, 15) is 0 Å². The molecule has 0 aromatic heterocycles. The Labute approximate surface area is 70.6 Å². The van der Waals surface area contributed by atoms with E-state index in [0.29, 0.717) is 5.95 Å². The predicted octanol–water partition coefficient (Wildman–Crippen LogP) is 1.47. The van der Waals surface area contributed by atoms with Crippen LogP contribution >= 0.6 is 0 Å². The van der Waals surface area contributed by atoms with E-state index < -0.39 is 0 Å². The Morgan fingerprint density at radius 3 is 2.75 bits per heavy atom. The number of fused-ring (bicyclic) bond motifs is 1. The summed E-state index contributed by atoms with van der Waals surface area (Å²) in [6.45, 7) is 2.00. The SMILES string of the molecule is Cc1ccccc2nc(N)nc1-2. The van der Waals surface area contributed by atoms with E-state index >= 15 is 0 Å². The molecule has 0 amide bonds. The summed E-state index contributed by atoms with van der Waals surface area (Å²) in [5.74, 6) is 0.347. The Bertz CT molecular complexity index is 384. The van der Waals surface area contributed by atoms with Gasteiger partial charge in [0.15, 0.2) is 0 Å². The van der Waals surface area contributed by atoms with Gasteiger partial charge in [-0.05, 0) is 18.6 Å². The summed E-state index contributed by atoms with van der Waals surface area (Å²) >= 11 is 0. The Morgan fingerprint density at radius 1 is 1.17 bits per heavy atom. The molecule has 0 saturated heterocycles. The largest absolute Gasteiger partial charge is 0.368 e. The third kappa shape index (κ3) is 0.993. The third-order valence-corrected chi connectivity index (χ3v) is 1.79. The molecule has 1 aliphatic heterocycles. The van der Waals surface area contributed by atoms with Crippen molar-refractivity contribution < 1.29 is 0 Å². The Morgan fingerprint density at radius 2 is 1.92 bits per heavy atom.